The van der Waals surface area contributed by atoms with Crippen molar-refractivity contribution < 1.29 is 30.3 Å². The fourth-order valence-electron chi connectivity index (χ4n) is 4.31. The Morgan fingerprint density at radius 3 is 1.98 bits per heavy atom. The molecule has 2 aliphatic rings. The summed E-state index contributed by atoms with van der Waals surface area (Å²) < 4.78 is 6.05. The molecule has 0 bridgehead atoms. The molecule has 1 aliphatic carbocycles. The Morgan fingerprint density at radius 2 is 1.52 bits per heavy atom. The average molecular weight is 613 g/mol. The molecule has 1 aromatic heterocycles. The summed E-state index contributed by atoms with van der Waals surface area (Å²) in [7, 11) is 0. The number of hydrogen-bond donors (Lipinski definition) is 5. The maximum atomic E-state index is 10.3. The van der Waals surface area contributed by atoms with Crippen molar-refractivity contribution in [2.24, 2.45) is 10.9 Å². The van der Waals surface area contributed by atoms with Crippen LogP contribution in [0.5, 0.6) is 5.88 Å². The molecule has 0 spiro atoms. The molecule has 1 saturated carbocycles. The van der Waals surface area contributed by atoms with Gasteiger partial charge in [-0.05, 0) is 37.0 Å². The molecule has 2 aromatic carbocycles. The quantitative estimate of drug-likeness (QED) is 0.144. The Balaban J connectivity index is 0.000000650. The van der Waals surface area contributed by atoms with Crippen LogP contribution >= 0.6 is 0 Å². The summed E-state index contributed by atoms with van der Waals surface area (Å²) in [5.74, 6) is 0.867. The molecule has 0 amide bonds. The first-order valence-corrected chi connectivity index (χ1v) is 15.3. The van der Waals surface area contributed by atoms with Gasteiger partial charge in [0.2, 0.25) is 5.88 Å². The third-order valence-corrected chi connectivity index (χ3v) is 6.86. The van der Waals surface area contributed by atoms with Gasteiger partial charge in [0.05, 0.1) is 17.9 Å². The van der Waals surface area contributed by atoms with Crippen LogP contribution in [0, 0.1) is 5.92 Å². The number of aromatic carboxylic acids is 1. The molecule has 10 nitrogen and oxygen atoms in total. The van der Waals surface area contributed by atoms with Gasteiger partial charge < -0.3 is 20.7 Å². The van der Waals surface area contributed by atoms with Gasteiger partial charge in [-0.25, -0.2) is 14.8 Å². The standard InChI is InChI=1S/C15H16N4O.C8H8O3.C7H14.2C2H6.H2O2/c1-3-15(2)12(10-7-5-4-6-8-10)19-11-13(16)17-9-18-14(11)20-15;9-5-6-1-3-7(4-2-6)8(10)11;1-7-5-3-2-4-6-7;3*1-2/h4-9H,3H2,1-2H3,(H2,16,17,18);1-4,9H,5H2,(H,10,11);7H,2-6H2,1H3;2*1-2H3;1-2H. The van der Waals surface area contributed by atoms with Crippen molar-refractivity contribution in [3.8, 4) is 5.88 Å². The lowest BCUT2D eigenvalue weighted by Gasteiger charge is -2.34. The number of benzene rings is 2. The fraction of sp³-hybridized carbons (Fsp3) is 0.471. The van der Waals surface area contributed by atoms with Crippen LogP contribution in [0.3, 0.4) is 0 Å². The average Bonchev–Trinajstić information content (AvgIpc) is 3.08. The molecule has 5 rings (SSSR count). The summed E-state index contributed by atoms with van der Waals surface area (Å²) in [5.41, 5.74) is 8.70. The van der Waals surface area contributed by atoms with Crippen molar-refractivity contribution >= 4 is 23.2 Å². The number of carboxylic acid groups (broad SMARTS) is 1. The Hall–Kier alpha value is -3.86. The minimum Gasteiger partial charge on any atom is -0.478 e. The van der Waals surface area contributed by atoms with E-state index >= 15 is 0 Å². The molecular weight excluding hydrogens is 560 g/mol. The number of carbonyl (C=O) groups is 1. The Kier molecular flexibility index (Phi) is 20.7. The van der Waals surface area contributed by atoms with E-state index in [1.807, 2.05) is 65.0 Å². The number of aromatic nitrogens is 2. The zero-order valence-corrected chi connectivity index (χ0v) is 27.3. The third kappa shape index (κ3) is 12.8. The van der Waals surface area contributed by atoms with Crippen LogP contribution in [-0.4, -0.2) is 48.0 Å². The van der Waals surface area contributed by atoms with Gasteiger partial charge in [0, 0.05) is 5.56 Å². The van der Waals surface area contributed by atoms with Gasteiger partial charge in [-0.1, -0.05) is 116 Å². The van der Waals surface area contributed by atoms with Crippen molar-refractivity contribution in [3.63, 3.8) is 0 Å². The number of aliphatic hydroxyl groups excluding tert-OH is 1. The molecule has 0 saturated heterocycles. The van der Waals surface area contributed by atoms with Gasteiger partial charge in [0.1, 0.15) is 6.33 Å². The molecule has 244 valence electrons. The van der Waals surface area contributed by atoms with E-state index in [2.05, 4.69) is 28.8 Å². The number of nitrogens with two attached hydrogens (primary N) is 1. The number of aliphatic imine (C=N–C) groups is 1. The molecule has 44 heavy (non-hydrogen) atoms. The summed E-state index contributed by atoms with van der Waals surface area (Å²) in [6, 6.07) is 16.1. The maximum absolute atomic E-state index is 10.3. The highest BCUT2D eigenvalue weighted by Gasteiger charge is 2.37. The van der Waals surface area contributed by atoms with Gasteiger partial charge in [0.15, 0.2) is 17.1 Å². The molecule has 0 radical (unpaired) electrons. The van der Waals surface area contributed by atoms with Gasteiger partial charge in [-0.3, -0.25) is 10.5 Å². The predicted molar refractivity (Wildman–Crippen MR) is 178 cm³/mol. The summed E-state index contributed by atoms with van der Waals surface area (Å²) in [6.07, 6.45) is 9.62. The minimum absolute atomic E-state index is 0.0557. The van der Waals surface area contributed by atoms with Crippen LogP contribution in [0.1, 0.15) is 108 Å². The monoisotopic (exact) mass is 612 g/mol. The SMILES string of the molecule is CC.CC.CC1CCCCC1.CCC1(C)Oc2ncnc(N)c2N=C1c1ccccc1.O=C(O)c1ccc(CO)cc1.OO. The maximum Gasteiger partial charge on any atom is 0.335 e. The Bertz CT molecular complexity index is 1220. The molecule has 1 unspecified atom stereocenters. The highest BCUT2D eigenvalue weighted by Crippen LogP contribution is 2.40. The normalized spacial score (nSPS) is 16.3. The first kappa shape index (κ1) is 40.1. The topological polar surface area (TPSA) is 171 Å². The van der Waals surface area contributed by atoms with Crippen LogP contribution in [0.4, 0.5) is 11.5 Å². The van der Waals surface area contributed by atoms with Gasteiger partial charge in [0.25, 0.3) is 0 Å². The minimum atomic E-state index is -0.950. The summed E-state index contributed by atoms with van der Waals surface area (Å²) in [5, 5.41) is 29.1. The zero-order chi connectivity index (χ0) is 33.5. The molecular formula is C34H52N4O6. The molecule has 1 atom stereocenters. The van der Waals surface area contributed by atoms with Crippen molar-refractivity contribution in [1.82, 2.24) is 9.97 Å². The van der Waals surface area contributed by atoms with E-state index in [1.165, 1.54) is 50.6 Å². The van der Waals surface area contributed by atoms with Crippen LogP contribution in [0.15, 0.2) is 65.9 Å². The molecule has 6 N–H and O–H groups in total. The first-order valence-electron chi connectivity index (χ1n) is 15.3. The number of aliphatic hydroxyl groups is 1. The van der Waals surface area contributed by atoms with Crippen molar-refractivity contribution in [2.45, 2.75) is 99.2 Å². The van der Waals surface area contributed by atoms with E-state index in [9.17, 15) is 4.79 Å². The van der Waals surface area contributed by atoms with Crippen molar-refractivity contribution in [2.75, 3.05) is 5.73 Å². The van der Waals surface area contributed by atoms with E-state index in [0.29, 0.717) is 17.4 Å². The summed E-state index contributed by atoms with van der Waals surface area (Å²) in [4.78, 5) is 23.1. The molecule has 1 aliphatic heterocycles. The number of nitrogen functional groups attached to an aromatic ring is 1. The summed E-state index contributed by atoms with van der Waals surface area (Å²) in [6.45, 7) is 14.4. The van der Waals surface area contributed by atoms with Crippen LogP contribution < -0.4 is 10.5 Å². The van der Waals surface area contributed by atoms with E-state index in [4.69, 9.17) is 31.2 Å². The van der Waals surface area contributed by atoms with Crippen LogP contribution in [-0.2, 0) is 6.61 Å². The second kappa shape index (κ2) is 22.6. The number of anilines is 1. The lowest BCUT2D eigenvalue weighted by molar-refractivity contribution is -0.176. The lowest BCUT2D eigenvalue weighted by Crippen LogP contribution is -2.43. The second-order valence-electron chi connectivity index (χ2n) is 9.83. The van der Waals surface area contributed by atoms with E-state index < -0.39 is 11.6 Å². The number of carboxylic acids is 1. The van der Waals surface area contributed by atoms with E-state index in [-0.39, 0.29) is 12.2 Å². The fourth-order valence-corrected chi connectivity index (χ4v) is 4.31. The summed E-state index contributed by atoms with van der Waals surface area (Å²) >= 11 is 0. The Morgan fingerprint density at radius 1 is 0.955 bits per heavy atom. The van der Waals surface area contributed by atoms with E-state index in [1.54, 1.807) is 12.1 Å². The molecule has 2 heterocycles. The third-order valence-electron chi connectivity index (χ3n) is 6.86. The second-order valence-corrected chi connectivity index (χ2v) is 9.83. The van der Waals surface area contributed by atoms with Crippen molar-refractivity contribution in [3.05, 3.63) is 77.6 Å². The van der Waals surface area contributed by atoms with Crippen molar-refractivity contribution in [1.29, 1.82) is 0 Å². The van der Waals surface area contributed by atoms with Gasteiger partial charge in [-0.2, -0.15) is 4.98 Å². The van der Waals surface area contributed by atoms with Crippen LogP contribution in [0.2, 0.25) is 0 Å². The zero-order valence-electron chi connectivity index (χ0n) is 27.3. The predicted octanol–water partition coefficient (Wildman–Crippen LogP) is 8.27. The number of nitrogens with zero attached hydrogens (tertiary/aromatic N) is 3. The highest BCUT2D eigenvalue weighted by atomic mass is 17.0. The number of hydrogen-bond acceptors (Lipinski definition) is 9. The van der Waals surface area contributed by atoms with E-state index in [0.717, 1.165) is 29.2 Å². The Labute approximate surface area is 262 Å². The molecule has 1 fully saturated rings. The highest BCUT2D eigenvalue weighted by molar-refractivity contribution is 6.09. The number of fused-ring (bicyclic) bond motifs is 1. The molecule has 10 heteroatoms. The largest absolute Gasteiger partial charge is 0.478 e. The smallest absolute Gasteiger partial charge is 0.335 e. The lowest BCUT2D eigenvalue weighted by atomic mass is 9.90. The number of rotatable bonds is 4. The first-order chi connectivity index (χ1) is 21.3. The van der Waals surface area contributed by atoms with Gasteiger partial charge in [-0.15, -0.1) is 0 Å². The van der Waals surface area contributed by atoms with Crippen LogP contribution in [0.25, 0.3) is 0 Å². The van der Waals surface area contributed by atoms with Gasteiger partial charge >= 0.3 is 5.97 Å². The number of ether oxygens (including phenoxy) is 1. The molecule has 3 aromatic rings.